The van der Waals surface area contributed by atoms with Gasteiger partial charge in [-0.05, 0) is 64.0 Å². The van der Waals surface area contributed by atoms with Gasteiger partial charge >= 0.3 is 0 Å². The number of hydrogen-bond donors (Lipinski definition) is 1. The van der Waals surface area contributed by atoms with Gasteiger partial charge in [0.15, 0.2) is 11.0 Å². The van der Waals surface area contributed by atoms with Crippen LogP contribution in [0.25, 0.3) is 5.69 Å². The highest BCUT2D eigenvalue weighted by Gasteiger charge is 2.23. The van der Waals surface area contributed by atoms with Gasteiger partial charge in [0.2, 0.25) is 5.91 Å². The summed E-state index contributed by atoms with van der Waals surface area (Å²) in [6, 6.07) is 18.0. The second kappa shape index (κ2) is 10.1. The van der Waals surface area contributed by atoms with Crippen molar-refractivity contribution in [3.63, 3.8) is 0 Å². The Labute approximate surface area is 188 Å². The van der Waals surface area contributed by atoms with Crippen molar-refractivity contribution in [1.82, 2.24) is 19.7 Å². The fourth-order valence-corrected chi connectivity index (χ4v) is 4.61. The van der Waals surface area contributed by atoms with E-state index in [0.29, 0.717) is 0 Å². The first kappa shape index (κ1) is 21.6. The molecule has 0 saturated carbocycles. The smallest absolute Gasteiger partial charge is 0.237 e. The zero-order valence-electron chi connectivity index (χ0n) is 18.1. The molecule has 1 aliphatic heterocycles. The molecule has 7 heteroatoms. The molecule has 1 unspecified atom stereocenters. The maximum absolute atomic E-state index is 12.8. The summed E-state index contributed by atoms with van der Waals surface area (Å²) in [5, 5.41) is 12.4. The minimum absolute atomic E-state index is 0.0472. The number of piperidine rings is 1. The SMILES string of the molecule is Cc1ccc(NC(=O)C(C)Sc2nnc(CN3CCCCC3)n2-c2ccccc2)cc1. The number of benzene rings is 2. The molecule has 1 N–H and O–H groups in total. The molecule has 4 rings (SSSR count). The quantitative estimate of drug-likeness (QED) is 0.546. The number of likely N-dealkylation sites (tertiary alicyclic amines) is 1. The highest BCUT2D eigenvalue weighted by Crippen LogP contribution is 2.27. The number of nitrogens with zero attached hydrogens (tertiary/aromatic N) is 4. The van der Waals surface area contributed by atoms with Gasteiger partial charge in [-0.25, -0.2) is 0 Å². The Bertz CT molecular complexity index is 997. The van der Waals surface area contributed by atoms with Crippen molar-refractivity contribution in [2.75, 3.05) is 18.4 Å². The van der Waals surface area contributed by atoms with Crippen LogP contribution in [0.4, 0.5) is 5.69 Å². The minimum Gasteiger partial charge on any atom is -0.325 e. The zero-order valence-corrected chi connectivity index (χ0v) is 18.9. The number of aryl methyl sites for hydroxylation is 1. The van der Waals surface area contributed by atoms with Gasteiger partial charge in [-0.3, -0.25) is 14.3 Å². The van der Waals surface area contributed by atoms with Crippen LogP contribution in [-0.2, 0) is 11.3 Å². The zero-order chi connectivity index (χ0) is 21.6. The molecule has 1 fully saturated rings. The molecule has 31 heavy (non-hydrogen) atoms. The Balaban J connectivity index is 1.52. The van der Waals surface area contributed by atoms with Crippen molar-refractivity contribution >= 4 is 23.4 Å². The van der Waals surface area contributed by atoms with Gasteiger partial charge in [0.25, 0.3) is 0 Å². The molecule has 1 aliphatic rings. The van der Waals surface area contributed by atoms with Gasteiger partial charge in [-0.2, -0.15) is 0 Å². The van der Waals surface area contributed by atoms with Gasteiger partial charge in [0, 0.05) is 11.4 Å². The number of rotatable bonds is 7. The molecule has 2 aromatic carbocycles. The first-order chi connectivity index (χ1) is 15.1. The van der Waals surface area contributed by atoms with E-state index in [9.17, 15) is 4.79 Å². The van der Waals surface area contributed by atoms with Crippen LogP contribution in [0.3, 0.4) is 0 Å². The van der Waals surface area contributed by atoms with Crippen LogP contribution in [0, 0.1) is 6.92 Å². The van der Waals surface area contributed by atoms with Crippen molar-refractivity contribution < 1.29 is 4.79 Å². The summed E-state index contributed by atoms with van der Waals surface area (Å²) in [5.74, 6) is 0.871. The fraction of sp³-hybridized carbons (Fsp3) is 0.375. The molecule has 1 amide bonds. The molecule has 3 aromatic rings. The molecule has 1 atom stereocenters. The number of hydrogen-bond acceptors (Lipinski definition) is 5. The van der Waals surface area contributed by atoms with Gasteiger partial charge in [0.1, 0.15) is 0 Å². The third-order valence-electron chi connectivity index (χ3n) is 5.50. The van der Waals surface area contributed by atoms with Crippen molar-refractivity contribution in [3.05, 3.63) is 66.0 Å². The Kier molecular flexibility index (Phi) is 7.04. The van der Waals surface area contributed by atoms with Crippen LogP contribution >= 0.6 is 11.8 Å². The lowest BCUT2D eigenvalue weighted by molar-refractivity contribution is -0.115. The van der Waals surface area contributed by atoms with E-state index in [4.69, 9.17) is 0 Å². The predicted molar refractivity (Wildman–Crippen MR) is 126 cm³/mol. The molecule has 0 aliphatic carbocycles. The van der Waals surface area contributed by atoms with E-state index in [2.05, 4.69) is 37.1 Å². The van der Waals surface area contributed by atoms with Gasteiger partial charge < -0.3 is 5.32 Å². The number of carbonyl (C=O) groups is 1. The second-order valence-corrected chi connectivity index (χ2v) is 9.33. The average molecular weight is 436 g/mol. The van der Waals surface area contributed by atoms with E-state index in [1.54, 1.807) is 0 Å². The molecular weight excluding hydrogens is 406 g/mol. The molecule has 0 radical (unpaired) electrons. The number of anilines is 1. The maximum Gasteiger partial charge on any atom is 0.237 e. The Morgan fingerprint density at radius 3 is 2.45 bits per heavy atom. The first-order valence-electron chi connectivity index (χ1n) is 10.9. The monoisotopic (exact) mass is 435 g/mol. The molecule has 0 spiro atoms. The molecule has 1 saturated heterocycles. The van der Waals surface area contributed by atoms with Gasteiger partial charge in [-0.15, -0.1) is 10.2 Å². The van der Waals surface area contributed by atoms with Crippen molar-refractivity contribution in [3.8, 4) is 5.69 Å². The third kappa shape index (κ3) is 5.54. The first-order valence-corrected chi connectivity index (χ1v) is 11.7. The topological polar surface area (TPSA) is 63.1 Å². The minimum atomic E-state index is -0.309. The van der Waals surface area contributed by atoms with E-state index in [0.717, 1.165) is 47.6 Å². The van der Waals surface area contributed by atoms with E-state index < -0.39 is 0 Å². The van der Waals surface area contributed by atoms with Crippen LogP contribution in [0.2, 0.25) is 0 Å². The molecule has 162 valence electrons. The Morgan fingerprint density at radius 2 is 1.74 bits per heavy atom. The summed E-state index contributed by atoms with van der Waals surface area (Å²) in [5.41, 5.74) is 2.99. The molecule has 6 nitrogen and oxygen atoms in total. The van der Waals surface area contributed by atoms with Crippen molar-refractivity contribution in [2.45, 2.75) is 50.1 Å². The summed E-state index contributed by atoms with van der Waals surface area (Å²) < 4.78 is 2.09. The Hall–Kier alpha value is -2.64. The van der Waals surface area contributed by atoms with Gasteiger partial charge in [-0.1, -0.05) is 54.1 Å². The van der Waals surface area contributed by atoms with Crippen LogP contribution in [0.5, 0.6) is 0 Å². The van der Waals surface area contributed by atoms with E-state index in [1.807, 2.05) is 56.3 Å². The number of amides is 1. The van der Waals surface area contributed by atoms with Crippen molar-refractivity contribution in [2.24, 2.45) is 0 Å². The average Bonchev–Trinajstić information content (AvgIpc) is 3.18. The van der Waals surface area contributed by atoms with Gasteiger partial charge in [0.05, 0.1) is 11.8 Å². The lowest BCUT2D eigenvalue weighted by Crippen LogP contribution is -2.30. The number of nitrogens with one attached hydrogen (secondary N) is 1. The molecule has 1 aromatic heterocycles. The van der Waals surface area contributed by atoms with E-state index >= 15 is 0 Å². The highest BCUT2D eigenvalue weighted by atomic mass is 32.2. The fourth-order valence-electron chi connectivity index (χ4n) is 3.73. The van der Waals surface area contributed by atoms with Crippen LogP contribution in [0.15, 0.2) is 59.8 Å². The van der Waals surface area contributed by atoms with Crippen LogP contribution in [-0.4, -0.2) is 43.9 Å². The summed E-state index contributed by atoms with van der Waals surface area (Å²) in [6.07, 6.45) is 3.77. The summed E-state index contributed by atoms with van der Waals surface area (Å²) in [6.45, 7) is 6.90. The summed E-state index contributed by atoms with van der Waals surface area (Å²) in [7, 11) is 0. The largest absolute Gasteiger partial charge is 0.325 e. The van der Waals surface area contributed by atoms with E-state index in [-0.39, 0.29) is 11.2 Å². The molecule has 2 heterocycles. The molecular formula is C24H29N5OS. The second-order valence-electron chi connectivity index (χ2n) is 8.02. The number of thioether (sulfide) groups is 1. The number of para-hydroxylation sites is 1. The summed E-state index contributed by atoms with van der Waals surface area (Å²) in [4.78, 5) is 15.2. The van der Waals surface area contributed by atoms with Crippen LogP contribution < -0.4 is 5.32 Å². The third-order valence-corrected chi connectivity index (χ3v) is 6.54. The number of carbonyl (C=O) groups excluding carboxylic acids is 1. The highest BCUT2D eigenvalue weighted by molar-refractivity contribution is 8.00. The Morgan fingerprint density at radius 1 is 1.03 bits per heavy atom. The molecule has 0 bridgehead atoms. The number of aromatic nitrogens is 3. The lowest BCUT2D eigenvalue weighted by atomic mass is 10.1. The maximum atomic E-state index is 12.8. The van der Waals surface area contributed by atoms with Crippen LogP contribution in [0.1, 0.15) is 37.6 Å². The van der Waals surface area contributed by atoms with E-state index in [1.165, 1.54) is 31.0 Å². The standard InChI is InChI=1S/C24H29N5OS/c1-18-11-13-20(14-12-18)25-23(30)19(2)31-24-27-26-22(17-28-15-7-4-8-16-28)29(24)21-9-5-3-6-10-21/h3,5-6,9-14,19H,4,7-8,15-17H2,1-2H3,(H,25,30). The lowest BCUT2D eigenvalue weighted by Gasteiger charge is -2.26. The summed E-state index contributed by atoms with van der Waals surface area (Å²) >= 11 is 1.44. The van der Waals surface area contributed by atoms with Crippen molar-refractivity contribution in [1.29, 1.82) is 0 Å². The normalized spacial score (nSPS) is 15.5. The predicted octanol–water partition coefficient (Wildman–Crippen LogP) is 4.68.